The molecule has 0 spiro atoms. The average Bonchev–Trinajstić information content (AvgIpc) is 3.27. The fraction of sp³-hybridized carbons (Fsp3) is 0.316. The van der Waals surface area contributed by atoms with Crippen molar-refractivity contribution in [2.24, 2.45) is 10.7 Å². The van der Waals surface area contributed by atoms with Crippen LogP contribution in [-0.4, -0.2) is 18.1 Å². The summed E-state index contributed by atoms with van der Waals surface area (Å²) in [6, 6.07) is 11.0. The molecular formula is C19H22F2IN3O. The maximum absolute atomic E-state index is 13.8. The molecule has 26 heavy (non-hydrogen) atoms. The minimum absolute atomic E-state index is 0. The molecule has 0 saturated heterocycles. The van der Waals surface area contributed by atoms with Crippen molar-refractivity contribution < 1.29 is 13.5 Å². The number of aliphatic imine (C=N–C) groups is 1. The predicted octanol–water partition coefficient (Wildman–Crippen LogP) is 4.65. The number of hydrogen-bond acceptors (Lipinski definition) is 2. The van der Waals surface area contributed by atoms with Gasteiger partial charge in [0, 0.05) is 17.2 Å². The van der Waals surface area contributed by atoms with E-state index in [2.05, 4.69) is 10.3 Å². The first kappa shape index (κ1) is 20.4. The molecule has 0 aliphatic heterocycles. The van der Waals surface area contributed by atoms with Crippen molar-refractivity contribution in [2.75, 3.05) is 5.32 Å². The molecule has 0 amide bonds. The van der Waals surface area contributed by atoms with Crippen LogP contribution in [0.15, 0.2) is 47.5 Å². The van der Waals surface area contributed by atoms with Crippen LogP contribution in [0.1, 0.15) is 31.7 Å². The van der Waals surface area contributed by atoms with E-state index in [4.69, 9.17) is 10.5 Å². The molecule has 4 nitrogen and oxygen atoms in total. The van der Waals surface area contributed by atoms with E-state index in [-0.39, 0.29) is 53.6 Å². The zero-order valence-electron chi connectivity index (χ0n) is 14.6. The van der Waals surface area contributed by atoms with Crippen molar-refractivity contribution in [2.45, 2.75) is 38.3 Å². The molecule has 2 aromatic carbocycles. The lowest BCUT2D eigenvalue weighted by Gasteiger charge is -2.11. The molecule has 140 valence electrons. The van der Waals surface area contributed by atoms with E-state index >= 15 is 0 Å². The third kappa shape index (κ3) is 5.06. The summed E-state index contributed by atoms with van der Waals surface area (Å²) in [6.45, 7) is 3.92. The summed E-state index contributed by atoms with van der Waals surface area (Å²) in [4.78, 5) is 4.31. The van der Waals surface area contributed by atoms with Crippen molar-refractivity contribution in [1.29, 1.82) is 0 Å². The molecule has 3 N–H and O–H groups in total. The molecule has 2 atom stereocenters. The van der Waals surface area contributed by atoms with Gasteiger partial charge in [0.2, 0.25) is 0 Å². The second kappa shape index (κ2) is 8.66. The minimum Gasteiger partial charge on any atom is -0.491 e. The Kier molecular flexibility index (Phi) is 6.80. The maximum atomic E-state index is 13.8. The molecule has 1 aliphatic rings. The average molecular weight is 473 g/mol. The summed E-state index contributed by atoms with van der Waals surface area (Å²) in [5.74, 6) is -0.330. The van der Waals surface area contributed by atoms with Crippen LogP contribution in [0, 0.1) is 11.6 Å². The van der Waals surface area contributed by atoms with E-state index in [1.807, 2.05) is 38.1 Å². The normalized spacial score (nSPS) is 19.0. The van der Waals surface area contributed by atoms with Crippen LogP contribution in [0.4, 0.5) is 14.5 Å². The lowest BCUT2D eigenvalue weighted by Crippen LogP contribution is -2.23. The van der Waals surface area contributed by atoms with Gasteiger partial charge in [0.05, 0.1) is 12.1 Å². The molecule has 1 fully saturated rings. The Morgan fingerprint density at radius 2 is 1.77 bits per heavy atom. The van der Waals surface area contributed by atoms with Gasteiger partial charge >= 0.3 is 0 Å². The van der Waals surface area contributed by atoms with Crippen molar-refractivity contribution in [3.63, 3.8) is 0 Å². The standard InChI is InChI=1S/C19H21F2N3O.HI/c1-11(2)25-13-8-6-12(7-9-13)23-19(22)24-17-10-14(17)18-15(20)4-3-5-16(18)21;/h3-9,11,14,17H,10H2,1-2H3,(H3,22,23,24);1H. The number of anilines is 1. The highest BCUT2D eigenvalue weighted by molar-refractivity contribution is 14.0. The minimum atomic E-state index is -0.532. The number of guanidine groups is 1. The summed E-state index contributed by atoms with van der Waals surface area (Å²) < 4.78 is 33.1. The third-order valence-corrected chi connectivity index (χ3v) is 3.93. The van der Waals surface area contributed by atoms with E-state index in [0.29, 0.717) is 6.42 Å². The molecule has 0 aromatic heterocycles. The van der Waals surface area contributed by atoms with Gasteiger partial charge in [-0.1, -0.05) is 6.07 Å². The number of ether oxygens (including phenoxy) is 1. The highest BCUT2D eigenvalue weighted by atomic mass is 127. The van der Waals surface area contributed by atoms with Crippen molar-refractivity contribution >= 4 is 35.6 Å². The molecule has 7 heteroatoms. The predicted molar refractivity (Wildman–Crippen MR) is 110 cm³/mol. The van der Waals surface area contributed by atoms with Gasteiger partial charge in [-0.3, -0.25) is 0 Å². The van der Waals surface area contributed by atoms with Crippen LogP contribution >= 0.6 is 24.0 Å². The Bertz CT molecular complexity index is 761. The Labute approximate surface area is 168 Å². The number of nitrogens with one attached hydrogen (secondary N) is 1. The van der Waals surface area contributed by atoms with E-state index in [1.54, 1.807) is 0 Å². The smallest absolute Gasteiger partial charge is 0.193 e. The van der Waals surface area contributed by atoms with Crippen molar-refractivity contribution in [3.05, 3.63) is 59.7 Å². The number of nitrogens with zero attached hydrogens (tertiary/aromatic N) is 1. The van der Waals surface area contributed by atoms with Crippen molar-refractivity contribution in [3.8, 4) is 5.75 Å². The van der Waals surface area contributed by atoms with E-state index in [1.165, 1.54) is 18.2 Å². The number of rotatable bonds is 5. The molecule has 0 radical (unpaired) electrons. The fourth-order valence-corrected chi connectivity index (χ4v) is 2.75. The number of halogens is 3. The first-order valence-corrected chi connectivity index (χ1v) is 8.25. The second-order valence-corrected chi connectivity index (χ2v) is 6.38. The van der Waals surface area contributed by atoms with E-state index in [0.717, 1.165) is 11.4 Å². The first-order chi connectivity index (χ1) is 11.9. The molecule has 0 heterocycles. The van der Waals surface area contributed by atoms with Gasteiger partial charge in [-0.15, -0.1) is 24.0 Å². The monoisotopic (exact) mass is 473 g/mol. The van der Waals surface area contributed by atoms with Crippen LogP contribution in [0.2, 0.25) is 0 Å². The highest BCUT2D eigenvalue weighted by Gasteiger charge is 2.42. The van der Waals surface area contributed by atoms with Crippen molar-refractivity contribution in [1.82, 2.24) is 0 Å². The second-order valence-electron chi connectivity index (χ2n) is 6.38. The largest absolute Gasteiger partial charge is 0.491 e. The number of nitrogens with two attached hydrogens (primary N) is 1. The molecule has 0 bridgehead atoms. The van der Waals surface area contributed by atoms with Gasteiger partial charge < -0.3 is 15.8 Å². The van der Waals surface area contributed by atoms with Crippen LogP contribution in [0.25, 0.3) is 0 Å². The van der Waals surface area contributed by atoms with Crippen LogP contribution in [0.5, 0.6) is 5.75 Å². The maximum Gasteiger partial charge on any atom is 0.193 e. The molecule has 2 aromatic rings. The molecule has 1 aliphatic carbocycles. The van der Waals surface area contributed by atoms with E-state index < -0.39 is 11.6 Å². The van der Waals surface area contributed by atoms with Crippen LogP contribution < -0.4 is 15.8 Å². The summed E-state index contributed by atoms with van der Waals surface area (Å²) in [5, 5.41) is 2.98. The van der Waals surface area contributed by atoms with Crippen LogP contribution in [-0.2, 0) is 0 Å². The van der Waals surface area contributed by atoms with Gasteiger partial charge in [0.25, 0.3) is 0 Å². The van der Waals surface area contributed by atoms with Gasteiger partial charge in [0.1, 0.15) is 17.4 Å². The van der Waals surface area contributed by atoms with Gasteiger partial charge in [-0.25, -0.2) is 13.8 Å². The Morgan fingerprint density at radius 3 is 2.35 bits per heavy atom. The first-order valence-electron chi connectivity index (χ1n) is 8.25. The summed E-state index contributed by atoms with van der Waals surface area (Å²) in [5.41, 5.74) is 6.77. The van der Waals surface area contributed by atoms with E-state index in [9.17, 15) is 8.78 Å². The zero-order chi connectivity index (χ0) is 18.0. The van der Waals surface area contributed by atoms with Gasteiger partial charge in [-0.2, -0.15) is 0 Å². The quantitative estimate of drug-likeness (QED) is 0.378. The van der Waals surface area contributed by atoms with Gasteiger partial charge in [0.15, 0.2) is 5.96 Å². The Hall–Kier alpha value is -1.90. The van der Waals surface area contributed by atoms with Crippen LogP contribution in [0.3, 0.4) is 0 Å². The fourth-order valence-electron chi connectivity index (χ4n) is 2.75. The third-order valence-electron chi connectivity index (χ3n) is 3.93. The lowest BCUT2D eigenvalue weighted by molar-refractivity contribution is 0.242. The molecular weight excluding hydrogens is 451 g/mol. The topological polar surface area (TPSA) is 59.6 Å². The molecule has 1 saturated carbocycles. The lowest BCUT2D eigenvalue weighted by atomic mass is 10.1. The molecule has 3 rings (SSSR count). The summed E-state index contributed by atoms with van der Waals surface area (Å²) in [6.07, 6.45) is 0.692. The number of benzene rings is 2. The number of hydrogen-bond donors (Lipinski definition) is 2. The highest BCUT2D eigenvalue weighted by Crippen LogP contribution is 2.45. The molecule has 2 unspecified atom stereocenters. The summed E-state index contributed by atoms with van der Waals surface area (Å²) in [7, 11) is 0. The SMILES string of the molecule is CC(C)Oc1ccc(NC(N)=NC2CC2c2c(F)cccc2F)cc1.I. The summed E-state index contributed by atoms with van der Waals surface area (Å²) >= 11 is 0. The van der Waals surface area contributed by atoms with Gasteiger partial charge in [-0.05, 0) is 56.7 Å². The Balaban J connectivity index is 0.00000243. The Morgan fingerprint density at radius 1 is 1.15 bits per heavy atom. The zero-order valence-corrected chi connectivity index (χ0v) is 16.9.